The van der Waals surface area contributed by atoms with Crippen LogP contribution in [-0.2, 0) is 59.2 Å². The van der Waals surface area contributed by atoms with Crippen molar-refractivity contribution in [2.45, 2.75) is 141 Å². The van der Waals surface area contributed by atoms with Crippen LogP contribution in [0.25, 0.3) is 0 Å². The summed E-state index contributed by atoms with van der Waals surface area (Å²) in [4.78, 5) is 141. The molecule has 0 saturated heterocycles. The van der Waals surface area contributed by atoms with Gasteiger partial charge in [0, 0.05) is 19.3 Å². The third-order valence-electron chi connectivity index (χ3n) is 10.4. The Morgan fingerprint density at radius 1 is 0.612 bits per heavy atom. The van der Waals surface area contributed by atoms with Gasteiger partial charge in [0.2, 0.25) is 47.3 Å². The number of carboxylic acid groups (broad SMARTS) is 3. The van der Waals surface area contributed by atoms with Crippen molar-refractivity contribution in [2.24, 2.45) is 29.0 Å². The summed E-state index contributed by atoms with van der Waals surface area (Å²) in [5, 5.41) is 45.4. The molecule has 24 nitrogen and oxygen atoms in total. The van der Waals surface area contributed by atoms with Crippen LogP contribution in [0.2, 0.25) is 0 Å². The largest absolute Gasteiger partial charge is 0.481 e. The SMILES string of the molecule is CC[C@H](C)[C@H](NC(=O)[C@H](Cc1ccccc1)NC(=O)[C@H](CCC(=O)O)NC(=O)[C@H](CCC(N)=O)NC(=O)[C@H](CC(=O)O)NC(=O)CNC(=O)[C@@H](N)CC(C)C)C(=O)N[C@@H](CCCCN)C(=O)O. The molecule has 0 radical (unpaired) electrons. The molecule has 0 heterocycles. The molecule has 0 fully saturated rings. The summed E-state index contributed by atoms with van der Waals surface area (Å²) in [6.07, 6.45) is -1.91. The highest BCUT2D eigenvalue weighted by Gasteiger charge is 2.35. The minimum absolute atomic E-state index is 0.0522. The van der Waals surface area contributed by atoms with Crippen LogP contribution in [0.3, 0.4) is 0 Å². The topological polar surface area (TPSA) is 411 Å². The molecule has 8 amide bonds. The zero-order valence-corrected chi connectivity index (χ0v) is 38.3. The molecule has 0 bridgehead atoms. The zero-order chi connectivity index (χ0) is 50.8. The van der Waals surface area contributed by atoms with Crippen molar-refractivity contribution >= 4 is 65.2 Å². The lowest BCUT2D eigenvalue weighted by Gasteiger charge is -2.29. The smallest absolute Gasteiger partial charge is 0.326 e. The van der Waals surface area contributed by atoms with Crippen molar-refractivity contribution in [3.05, 3.63) is 35.9 Å². The van der Waals surface area contributed by atoms with Crippen LogP contribution in [0.1, 0.15) is 97.5 Å². The van der Waals surface area contributed by atoms with E-state index in [4.69, 9.17) is 17.2 Å². The lowest BCUT2D eigenvalue weighted by Crippen LogP contribution is -2.60. The fourth-order valence-corrected chi connectivity index (χ4v) is 6.48. The number of hydrogen-bond acceptors (Lipinski definition) is 13. The molecular weight excluding hydrogens is 881 g/mol. The van der Waals surface area contributed by atoms with E-state index in [0.29, 0.717) is 37.8 Å². The quantitative estimate of drug-likeness (QED) is 0.0324. The molecule has 0 saturated carbocycles. The van der Waals surface area contributed by atoms with Gasteiger partial charge >= 0.3 is 17.9 Å². The molecule has 1 aromatic carbocycles. The van der Waals surface area contributed by atoms with Gasteiger partial charge in [-0.2, -0.15) is 0 Å². The fourth-order valence-electron chi connectivity index (χ4n) is 6.48. The van der Waals surface area contributed by atoms with Crippen molar-refractivity contribution in [3.8, 4) is 0 Å². The van der Waals surface area contributed by atoms with Gasteiger partial charge in [-0.05, 0) is 62.5 Å². The van der Waals surface area contributed by atoms with Crippen molar-refractivity contribution in [1.82, 2.24) is 37.2 Å². The first-order valence-corrected chi connectivity index (χ1v) is 22.0. The summed E-state index contributed by atoms with van der Waals surface area (Å²) in [5.41, 5.74) is 17.2. The lowest BCUT2D eigenvalue weighted by molar-refractivity contribution is -0.143. The molecule has 0 spiro atoms. The Kier molecular flexibility index (Phi) is 26.6. The summed E-state index contributed by atoms with van der Waals surface area (Å²) in [6.45, 7) is 6.64. The molecule has 24 heteroatoms. The Bertz CT molecular complexity index is 1870. The zero-order valence-electron chi connectivity index (χ0n) is 38.3. The van der Waals surface area contributed by atoms with Crippen LogP contribution in [0, 0.1) is 11.8 Å². The van der Waals surface area contributed by atoms with Gasteiger partial charge in [-0.1, -0.05) is 64.4 Å². The number of primary amides is 1. The van der Waals surface area contributed by atoms with E-state index in [1.165, 1.54) is 0 Å². The number of hydrogen-bond donors (Lipinski definition) is 13. The van der Waals surface area contributed by atoms with Gasteiger partial charge in [0.05, 0.1) is 19.0 Å². The lowest BCUT2D eigenvalue weighted by atomic mass is 9.96. The van der Waals surface area contributed by atoms with Crippen LogP contribution < -0.4 is 54.4 Å². The number of rotatable bonds is 33. The van der Waals surface area contributed by atoms with Crippen molar-refractivity contribution in [3.63, 3.8) is 0 Å². The third kappa shape index (κ3) is 23.4. The average Bonchev–Trinajstić information content (AvgIpc) is 3.25. The summed E-state index contributed by atoms with van der Waals surface area (Å²) < 4.78 is 0. The maximum absolute atomic E-state index is 14.1. The molecule has 67 heavy (non-hydrogen) atoms. The number of aliphatic carboxylic acids is 3. The van der Waals surface area contributed by atoms with Gasteiger partial charge in [-0.25, -0.2) is 4.79 Å². The molecular formula is C43H68N10O14. The number of nitrogens with two attached hydrogens (primary N) is 3. The number of carboxylic acids is 3. The van der Waals surface area contributed by atoms with Crippen molar-refractivity contribution in [1.29, 1.82) is 0 Å². The van der Waals surface area contributed by atoms with Crippen molar-refractivity contribution in [2.75, 3.05) is 13.1 Å². The molecule has 1 rings (SSSR count). The van der Waals surface area contributed by atoms with E-state index >= 15 is 0 Å². The summed E-state index contributed by atoms with van der Waals surface area (Å²) in [6, 6.07) is -2.06. The van der Waals surface area contributed by atoms with E-state index in [0.717, 1.165) is 0 Å². The Morgan fingerprint density at radius 2 is 1.15 bits per heavy atom. The number of amides is 8. The summed E-state index contributed by atoms with van der Waals surface area (Å²) in [5.74, 6) is -12.6. The number of nitrogens with one attached hydrogen (secondary N) is 7. The standard InChI is InChI=1S/C43H68N10O14/c1-5-24(4)36(42(65)51-29(43(66)67)13-9-10-18-44)53-41(64)30(20-25-11-7-6-8-12-25)52-39(62)28(15-17-34(56)57)49-38(61)27(14-16-32(46)54)50-40(63)31(21-35(58)59)48-33(55)22-47-37(60)26(45)19-23(2)3/h6-8,11-12,23-24,26-31,36H,5,9-10,13-22,44-45H2,1-4H3,(H2,46,54)(H,47,60)(H,48,55)(H,49,61)(H,50,63)(H,51,65)(H,52,62)(H,53,64)(H,56,57)(H,58,59)(H,66,67)/t24-,26-,27-,28-,29-,30-,31-,36-/m0/s1. The summed E-state index contributed by atoms with van der Waals surface area (Å²) in [7, 11) is 0. The number of carbonyl (C=O) groups is 11. The molecule has 0 unspecified atom stereocenters. The maximum Gasteiger partial charge on any atom is 0.326 e. The molecule has 0 aliphatic carbocycles. The van der Waals surface area contributed by atoms with E-state index in [2.05, 4.69) is 37.2 Å². The van der Waals surface area contributed by atoms with Gasteiger partial charge < -0.3 is 69.7 Å². The van der Waals surface area contributed by atoms with Gasteiger partial charge in [0.25, 0.3) is 0 Å². The molecule has 374 valence electrons. The molecule has 0 aromatic heterocycles. The minimum Gasteiger partial charge on any atom is -0.481 e. The molecule has 8 atom stereocenters. The Labute approximate surface area is 388 Å². The highest BCUT2D eigenvalue weighted by Crippen LogP contribution is 2.13. The number of benzene rings is 1. The van der Waals surface area contributed by atoms with Gasteiger partial charge in [0.1, 0.15) is 36.3 Å². The third-order valence-corrected chi connectivity index (χ3v) is 10.4. The van der Waals surface area contributed by atoms with E-state index in [9.17, 15) is 68.1 Å². The van der Waals surface area contributed by atoms with Crippen LogP contribution in [0.4, 0.5) is 0 Å². The fraction of sp³-hybridized carbons (Fsp3) is 0.605. The van der Waals surface area contributed by atoms with Crippen LogP contribution in [0.5, 0.6) is 0 Å². The van der Waals surface area contributed by atoms with Gasteiger partial charge in [0.15, 0.2) is 0 Å². The Morgan fingerprint density at radius 3 is 1.66 bits per heavy atom. The number of unbranched alkanes of at least 4 members (excludes halogenated alkanes) is 1. The molecule has 16 N–H and O–H groups in total. The molecule has 1 aromatic rings. The second kappa shape index (κ2) is 30.5. The van der Waals surface area contributed by atoms with Crippen LogP contribution in [0.15, 0.2) is 30.3 Å². The van der Waals surface area contributed by atoms with E-state index < -0.39 is 152 Å². The Hall–Kier alpha value is -6.69. The highest BCUT2D eigenvalue weighted by molar-refractivity contribution is 5.98. The minimum atomic E-state index is -1.84. The second-order valence-corrected chi connectivity index (χ2v) is 16.5. The maximum atomic E-state index is 14.1. The monoisotopic (exact) mass is 948 g/mol. The molecule has 0 aliphatic rings. The van der Waals surface area contributed by atoms with E-state index in [1.54, 1.807) is 44.2 Å². The summed E-state index contributed by atoms with van der Waals surface area (Å²) >= 11 is 0. The van der Waals surface area contributed by atoms with Gasteiger partial charge in [-0.15, -0.1) is 0 Å². The predicted molar refractivity (Wildman–Crippen MR) is 240 cm³/mol. The Balaban J connectivity index is 3.48. The van der Waals surface area contributed by atoms with E-state index in [1.807, 2.05) is 13.8 Å². The average molecular weight is 949 g/mol. The number of carbonyl (C=O) groups excluding carboxylic acids is 8. The first-order valence-electron chi connectivity index (χ1n) is 22.0. The van der Waals surface area contributed by atoms with E-state index in [-0.39, 0.29) is 18.8 Å². The van der Waals surface area contributed by atoms with Crippen LogP contribution in [-0.4, -0.2) is 136 Å². The first-order chi connectivity index (χ1) is 31.5. The van der Waals surface area contributed by atoms with Crippen LogP contribution >= 0.6 is 0 Å². The van der Waals surface area contributed by atoms with Gasteiger partial charge in [-0.3, -0.25) is 47.9 Å². The predicted octanol–water partition coefficient (Wildman–Crippen LogP) is -2.51. The molecule has 0 aliphatic heterocycles. The normalized spacial score (nSPS) is 14.6. The first kappa shape index (κ1) is 58.3. The highest BCUT2D eigenvalue weighted by atomic mass is 16.4. The second-order valence-electron chi connectivity index (χ2n) is 16.5. The van der Waals surface area contributed by atoms with Crippen molar-refractivity contribution < 1.29 is 68.1 Å².